The van der Waals surface area contributed by atoms with E-state index < -0.39 is 0 Å². The third-order valence-electron chi connectivity index (χ3n) is 4.92. The van der Waals surface area contributed by atoms with Crippen molar-refractivity contribution in [3.63, 3.8) is 0 Å². The molecule has 0 bridgehead atoms. The molecular formula is C21H20ClN3O. The van der Waals surface area contributed by atoms with Gasteiger partial charge in [0.2, 0.25) is 0 Å². The minimum atomic E-state index is 0.285. The minimum absolute atomic E-state index is 0.285. The molecule has 0 spiro atoms. The smallest absolute Gasteiger partial charge is 0.163 e. The Bertz CT molecular complexity index is 959. The molecule has 4 rings (SSSR count). The average molecular weight is 366 g/mol. The van der Waals surface area contributed by atoms with Gasteiger partial charge in [-0.15, -0.1) is 0 Å². The van der Waals surface area contributed by atoms with E-state index in [1.807, 2.05) is 43.4 Å². The van der Waals surface area contributed by atoms with E-state index in [0.717, 1.165) is 34.8 Å². The van der Waals surface area contributed by atoms with E-state index in [9.17, 15) is 0 Å². The first-order chi connectivity index (χ1) is 12.6. The number of fused-ring (bicyclic) bond motifs is 2. The number of methoxy groups -OCH3 is 1. The number of halogens is 1. The van der Waals surface area contributed by atoms with Gasteiger partial charge in [0.1, 0.15) is 16.7 Å². The number of benzene rings is 2. The highest BCUT2D eigenvalue weighted by molar-refractivity contribution is 6.30. The molecule has 2 aromatic carbocycles. The van der Waals surface area contributed by atoms with Crippen molar-refractivity contribution in [2.75, 3.05) is 19.1 Å². The molecule has 0 N–H and O–H groups in total. The van der Waals surface area contributed by atoms with Crippen molar-refractivity contribution < 1.29 is 4.74 Å². The number of rotatable bonds is 2. The zero-order valence-corrected chi connectivity index (χ0v) is 15.8. The minimum Gasteiger partial charge on any atom is -0.497 e. The lowest BCUT2D eigenvalue weighted by molar-refractivity contribution is 0.414. The van der Waals surface area contributed by atoms with E-state index in [0.29, 0.717) is 11.0 Å². The zero-order chi connectivity index (χ0) is 18.3. The summed E-state index contributed by atoms with van der Waals surface area (Å²) in [5.74, 6) is 2.65. The second kappa shape index (κ2) is 6.61. The number of anilines is 2. The van der Waals surface area contributed by atoms with Crippen molar-refractivity contribution in [1.82, 2.24) is 9.97 Å². The van der Waals surface area contributed by atoms with Crippen molar-refractivity contribution >= 4 is 23.1 Å². The van der Waals surface area contributed by atoms with Gasteiger partial charge in [-0.1, -0.05) is 48.9 Å². The molecule has 0 saturated heterocycles. The summed E-state index contributed by atoms with van der Waals surface area (Å²) in [7, 11) is 3.72. The van der Waals surface area contributed by atoms with E-state index in [1.54, 1.807) is 7.11 Å². The van der Waals surface area contributed by atoms with E-state index in [-0.39, 0.29) is 5.92 Å². The molecule has 4 nitrogen and oxygen atoms in total. The van der Waals surface area contributed by atoms with Crippen LogP contribution in [0, 0.1) is 0 Å². The molecule has 3 aromatic rings. The Labute approximate surface area is 158 Å². The zero-order valence-electron chi connectivity index (χ0n) is 15.0. The molecule has 2 heterocycles. The molecule has 0 amide bonds. The summed E-state index contributed by atoms with van der Waals surface area (Å²) in [6, 6.07) is 16.1. The van der Waals surface area contributed by atoms with Crippen molar-refractivity contribution in [2.24, 2.45) is 0 Å². The van der Waals surface area contributed by atoms with E-state index in [4.69, 9.17) is 21.3 Å². The van der Waals surface area contributed by atoms with Crippen molar-refractivity contribution in [1.29, 1.82) is 0 Å². The predicted octanol–water partition coefficient (Wildman–Crippen LogP) is 5.23. The molecular weight excluding hydrogens is 346 g/mol. The van der Waals surface area contributed by atoms with Gasteiger partial charge in [-0.2, -0.15) is 0 Å². The van der Waals surface area contributed by atoms with Crippen LogP contribution < -0.4 is 9.64 Å². The van der Waals surface area contributed by atoms with Crippen LogP contribution in [0.3, 0.4) is 0 Å². The van der Waals surface area contributed by atoms with Gasteiger partial charge in [-0.25, -0.2) is 9.97 Å². The van der Waals surface area contributed by atoms with E-state index in [2.05, 4.69) is 28.9 Å². The fraction of sp³-hybridized carbons (Fsp3) is 0.238. The molecule has 1 aromatic heterocycles. The first-order valence-electron chi connectivity index (χ1n) is 8.62. The quantitative estimate of drug-likeness (QED) is 0.582. The summed E-state index contributed by atoms with van der Waals surface area (Å²) < 4.78 is 5.41. The van der Waals surface area contributed by atoms with Gasteiger partial charge in [-0.05, 0) is 36.1 Å². The van der Waals surface area contributed by atoms with Gasteiger partial charge >= 0.3 is 0 Å². The van der Waals surface area contributed by atoms with E-state index in [1.165, 1.54) is 5.56 Å². The second-order valence-corrected chi connectivity index (χ2v) is 6.95. The van der Waals surface area contributed by atoms with Crippen LogP contribution >= 0.6 is 11.6 Å². The van der Waals surface area contributed by atoms with Crippen molar-refractivity contribution in [3.05, 3.63) is 64.8 Å². The maximum atomic E-state index is 6.60. The molecule has 0 saturated carbocycles. The standard InChI is InChI=1S/C21H20ClN3O/c1-13-11-17-19(22)23-20(14-7-5-4-6-8-14)24-21(17)25(2)18-10-9-15(26-3)12-16(13)18/h4-10,12-13H,11H2,1-3H3. The summed E-state index contributed by atoms with van der Waals surface area (Å²) >= 11 is 6.60. The SMILES string of the molecule is COc1ccc2c(c1)C(C)Cc1c(Cl)nc(-c3ccccc3)nc1N2C. The Morgan fingerprint density at radius 3 is 2.62 bits per heavy atom. The average Bonchev–Trinajstić information content (AvgIpc) is 2.78. The van der Waals surface area contributed by atoms with Gasteiger partial charge in [0.15, 0.2) is 5.82 Å². The lowest BCUT2D eigenvalue weighted by Crippen LogP contribution is -2.14. The monoisotopic (exact) mass is 365 g/mol. The third-order valence-corrected chi connectivity index (χ3v) is 5.23. The molecule has 0 fully saturated rings. The van der Waals surface area contributed by atoms with Crippen molar-refractivity contribution in [2.45, 2.75) is 19.3 Å². The normalized spacial score (nSPS) is 15.8. The summed E-state index contributed by atoms with van der Waals surface area (Å²) in [5, 5.41) is 0.521. The second-order valence-electron chi connectivity index (χ2n) is 6.60. The summed E-state index contributed by atoms with van der Waals surface area (Å²) in [4.78, 5) is 11.5. The van der Waals surface area contributed by atoms with Gasteiger partial charge in [-0.3, -0.25) is 0 Å². The molecule has 1 atom stereocenters. The molecule has 5 heteroatoms. The maximum absolute atomic E-state index is 6.60. The molecule has 0 aliphatic carbocycles. The molecule has 26 heavy (non-hydrogen) atoms. The molecule has 132 valence electrons. The van der Waals surface area contributed by atoms with Crippen LogP contribution in [0.5, 0.6) is 5.75 Å². The highest BCUT2D eigenvalue weighted by Crippen LogP contribution is 2.42. The highest BCUT2D eigenvalue weighted by Gasteiger charge is 2.27. The lowest BCUT2D eigenvalue weighted by atomic mass is 9.94. The molecule has 1 aliphatic rings. The Balaban J connectivity index is 1.89. The Kier molecular flexibility index (Phi) is 4.29. The van der Waals surface area contributed by atoms with Gasteiger partial charge in [0.25, 0.3) is 0 Å². The Hall–Kier alpha value is -2.59. The Morgan fingerprint density at radius 2 is 1.88 bits per heavy atom. The highest BCUT2D eigenvalue weighted by atomic mass is 35.5. The number of nitrogens with zero attached hydrogens (tertiary/aromatic N) is 3. The lowest BCUT2D eigenvalue weighted by Gasteiger charge is -2.22. The maximum Gasteiger partial charge on any atom is 0.163 e. The summed E-state index contributed by atoms with van der Waals surface area (Å²) in [6.07, 6.45) is 0.785. The number of aromatic nitrogens is 2. The van der Waals surface area contributed by atoms with Crippen LogP contribution in [0.25, 0.3) is 11.4 Å². The first kappa shape index (κ1) is 16.9. The van der Waals surface area contributed by atoms with Crippen LogP contribution in [0.15, 0.2) is 48.5 Å². The Morgan fingerprint density at radius 1 is 1.12 bits per heavy atom. The number of ether oxygens (including phenoxy) is 1. The largest absolute Gasteiger partial charge is 0.497 e. The van der Waals surface area contributed by atoms with Crippen LogP contribution in [0.2, 0.25) is 5.15 Å². The van der Waals surface area contributed by atoms with Crippen LogP contribution in [0.1, 0.15) is 24.0 Å². The van der Waals surface area contributed by atoms with Gasteiger partial charge in [0.05, 0.1) is 7.11 Å². The van der Waals surface area contributed by atoms with Crippen LogP contribution in [-0.2, 0) is 6.42 Å². The summed E-state index contributed by atoms with van der Waals surface area (Å²) in [6.45, 7) is 2.20. The van der Waals surface area contributed by atoms with Gasteiger partial charge in [0, 0.05) is 23.9 Å². The first-order valence-corrected chi connectivity index (χ1v) is 8.99. The number of hydrogen-bond donors (Lipinski definition) is 0. The summed E-state index contributed by atoms with van der Waals surface area (Å²) in [5.41, 5.74) is 4.28. The van der Waals surface area contributed by atoms with E-state index >= 15 is 0 Å². The third kappa shape index (κ3) is 2.80. The molecule has 0 radical (unpaired) electrons. The fourth-order valence-corrected chi connectivity index (χ4v) is 3.75. The van der Waals surface area contributed by atoms with Gasteiger partial charge < -0.3 is 9.64 Å². The van der Waals surface area contributed by atoms with Crippen LogP contribution in [-0.4, -0.2) is 24.1 Å². The number of hydrogen-bond acceptors (Lipinski definition) is 4. The molecule has 1 aliphatic heterocycles. The van der Waals surface area contributed by atoms with Crippen LogP contribution in [0.4, 0.5) is 11.5 Å². The van der Waals surface area contributed by atoms with Crippen molar-refractivity contribution in [3.8, 4) is 17.1 Å². The predicted molar refractivity (Wildman–Crippen MR) is 106 cm³/mol. The topological polar surface area (TPSA) is 38.3 Å². The fourth-order valence-electron chi connectivity index (χ4n) is 3.50. The molecule has 1 unspecified atom stereocenters.